The van der Waals surface area contributed by atoms with Crippen LogP contribution in [-0.2, 0) is 11.2 Å². The number of aldehydes is 1. The molecular weight excluding hydrogens is 403 g/mol. The lowest BCUT2D eigenvalue weighted by molar-refractivity contribution is -0.107. The highest BCUT2D eigenvalue weighted by Crippen LogP contribution is 2.34. The molecule has 3 aromatic heterocycles. The molecule has 0 saturated carbocycles. The molecule has 0 spiro atoms. The Balaban J connectivity index is 1.71. The van der Waals surface area contributed by atoms with Crippen LogP contribution in [0.3, 0.4) is 0 Å². The summed E-state index contributed by atoms with van der Waals surface area (Å²) in [5.74, 6) is 0.974. The zero-order valence-corrected chi connectivity index (χ0v) is 17.3. The summed E-state index contributed by atoms with van der Waals surface area (Å²) in [6, 6.07) is 4.65. The Hall–Kier alpha value is -3.75. The van der Waals surface area contributed by atoms with Gasteiger partial charge in [-0.2, -0.15) is 4.98 Å². The van der Waals surface area contributed by atoms with E-state index in [0.717, 1.165) is 11.8 Å². The maximum absolute atomic E-state index is 14.5. The molecule has 0 aliphatic carbocycles. The second-order valence-corrected chi connectivity index (χ2v) is 7.19. The number of carbonyl (C=O) groups excluding carboxylic acids is 1. The molecule has 31 heavy (non-hydrogen) atoms. The predicted molar refractivity (Wildman–Crippen MR) is 111 cm³/mol. The van der Waals surface area contributed by atoms with E-state index < -0.39 is 0 Å². The molecule has 4 aromatic rings. The first kappa shape index (κ1) is 20.5. The van der Waals surface area contributed by atoms with Crippen molar-refractivity contribution in [3.63, 3.8) is 0 Å². The van der Waals surface area contributed by atoms with Crippen LogP contribution in [0.5, 0.6) is 11.6 Å². The zero-order valence-electron chi connectivity index (χ0n) is 17.3. The second kappa shape index (κ2) is 8.55. The second-order valence-electron chi connectivity index (χ2n) is 7.19. The van der Waals surface area contributed by atoms with Crippen molar-refractivity contribution in [2.45, 2.75) is 32.8 Å². The van der Waals surface area contributed by atoms with E-state index in [4.69, 9.17) is 14.0 Å². The first-order valence-electron chi connectivity index (χ1n) is 9.79. The molecule has 0 radical (unpaired) electrons. The lowest BCUT2D eigenvalue weighted by Gasteiger charge is -2.12. The van der Waals surface area contributed by atoms with Crippen LogP contribution >= 0.6 is 0 Å². The Morgan fingerprint density at radius 3 is 2.90 bits per heavy atom. The number of nitrogens with one attached hydrogen (secondary N) is 1. The number of H-pyrrole nitrogens is 1. The SMILES string of the molecule is COc1cc(-c2nc(-c3ccc(F)c4c(CCC=O)c[nH]c34)no2)cnc1OC(C)C. The number of hydrogen-bond acceptors (Lipinski definition) is 7. The fourth-order valence-corrected chi connectivity index (χ4v) is 3.33. The van der Waals surface area contributed by atoms with Crippen molar-refractivity contribution < 1.29 is 23.2 Å². The minimum atomic E-state index is -0.376. The van der Waals surface area contributed by atoms with Gasteiger partial charge in [-0.05, 0) is 38.0 Å². The van der Waals surface area contributed by atoms with Crippen LogP contribution < -0.4 is 9.47 Å². The topological polar surface area (TPSA) is 103 Å². The third kappa shape index (κ3) is 3.98. The zero-order chi connectivity index (χ0) is 22.0. The summed E-state index contributed by atoms with van der Waals surface area (Å²) in [4.78, 5) is 22.5. The monoisotopic (exact) mass is 424 g/mol. The van der Waals surface area contributed by atoms with E-state index >= 15 is 0 Å². The van der Waals surface area contributed by atoms with Crippen LogP contribution in [0.2, 0.25) is 0 Å². The van der Waals surface area contributed by atoms with Crippen molar-refractivity contribution in [3.8, 4) is 34.5 Å². The molecule has 0 unspecified atom stereocenters. The molecule has 4 rings (SSSR count). The Morgan fingerprint density at radius 2 is 2.16 bits per heavy atom. The highest BCUT2D eigenvalue weighted by molar-refractivity contribution is 5.95. The number of methoxy groups -OCH3 is 1. The fraction of sp³-hybridized carbons (Fsp3) is 0.273. The summed E-state index contributed by atoms with van der Waals surface area (Å²) < 4.78 is 30.9. The maximum Gasteiger partial charge on any atom is 0.259 e. The van der Waals surface area contributed by atoms with Gasteiger partial charge in [0.15, 0.2) is 5.75 Å². The quantitative estimate of drug-likeness (QED) is 0.420. The van der Waals surface area contributed by atoms with Gasteiger partial charge in [0.1, 0.15) is 12.1 Å². The average Bonchev–Trinajstić information content (AvgIpc) is 3.41. The van der Waals surface area contributed by atoms with Crippen molar-refractivity contribution >= 4 is 17.2 Å². The summed E-state index contributed by atoms with van der Waals surface area (Å²) in [5, 5.41) is 4.48. The smallest absolute Gasteiger partial charge is 0.259 e. The van der Waals surface area contributed by atoms with Crippen LogP contribution in [0.15, 0.2) is 35.1 Å². The van der Waals surface area contributed by atoms with Crippen molar-refractivity contribution in [1.29, 1.82) is 0 Å². The molecule has 0 saturated heterocycles. The largest absolute Gasteiger partial charge is 0.491 e. The van der Waals surface area contributed by atoms with E-state index in [9.17, 15) is 9.18 Å². The van der Waals surface area contributed by atoms with E-state index in [1.807, 2.05) is 13.8 Å². The van der Waals surface area contributed by atoms with E-state index in [2.05, 4.69) is 20.1 Å². The van der Waals surface area contributed by atoms with Gasteiger partial charge in [0.25, 0.3) is 11.8 Å². The Kier molecular flexibility index (Phi) is 5.66. The van der Waals surface area contributed by atoms with Gasteiger partial charge in [-0.3, -0.25) is 0 Å². The Bertz CT molecular complexity index is 1230. The van der Waals surface area contributed by atoms with E-state index in [-0.39, 0.29) is 17.8 Å². The molecule has 0 aliphatic rings. The number of ether oxygens (including phenoxy) is 2. The number of nitrogens with zero attached hydrogens (tertiary/aromatic N) is 3. The molecule has 8 nitrogen and oxygen atoms in total. The summed E-state index contributed by atoms with van der Waals surface area (Å²) in [5.41, 5.74) is 2.41. The molecule has 1 aromatic carbocycles. The van der Waals surface area contributed by atoms with Crippen molar-refractivity contribution in [1.82, 2.24) is 20.1 Å². The van der Waals surface area contributed by atoms with Crippen molar-refractivity contribution in [2.75, 3.05) is 7.11 Å². The van der Waals surface area contributed by atoms with Gasteiger partial charge in [0.05, 0.1) is 24.3 Å². The van der Waals surface area contributed by atoms with Gasteiger partial charge in [-0.25, -0.2) is 9.37 Å². The molecule has 0 bridgehead atoms. The van der Waals surface area contributed by atoms with E-state index in [1.165, 1.54) is 13.2 Å². The molecule has 160 valence electrons. The number of aromatic nitrogens is 4. The number of hydrogen-bond donors (Lipinski definition) is 1. The Labute approximate surface area is 177 Å². The van der Waals surface area contributed by atoms with Gasteiger partial charge in [0, 0.05) is 35.8 Å². The van der Waals surface area contributed by atoms with E-state index in [1.54, 1.807) is 24.5 Å². The number of halogens is 1. The van der Waals surface area contributed by atoms with Crippen molar-refractivity contribution in [2.24, 2.45) is 0 Å². The molecule has 0 fully saturated rings. The third-order valence-corrected chi connectivity index (χ3v) is 4.70. The van der Waals surface area contributed by atoms with Crippen LogP contribution in [0.1, 0.15) is 25.8 Å². The normalized spacial score (nSPS) is 11.3. The maximum atomic E-state index is 14.5. The molecule has 0 atom stereocenters. The number of aromatic amines is 1. The van der Waals surface area contributed by atoms with Crippen LogP contribution in [0.25, 0.3) is 33.7 Å². The number of pyridine rings is 1. The highest BCUT2D eigenvalue weighted by Gasteiger charge is 2.19. The average molecular weight is 424 g/mol. The molecule has 3 heterocycles. The predicted octanol–water partition coefficient (Wildman–Crippen LogP) is 4.35. The Morgan fingerprint density at radius 1 is 1.32 bits per heavy atom. The number of fused-ring (bicyclic) bond motifs is 1. The van der Waals surface area contributed by atoms with Crippen LogP contribution in [0.4, 0.5) is 4.39 Å². The van der Waals surface area contributed by atoms with Crippen molar-refractivity contribution in [3.05, 3.63) is 42.0 Å². The first-order valence-corrected chi connectivity index (χ1v) is 9.79. The number of rotatable bonds is 8. The number of carbonyl (C=O) groups is 1. The van der Waals surface area contributed by atoms with Gasteiger partial charge in [0.2, 0.25) is 5.82 Å². The minimum Gasteiger partial charge on any atom is -0.491 e. The minimum absolute atomic E-state index is 0.0552. The lowest BCUT2D eigenvalue weighted by atomic mass is 10.0. The summed E-state index contributed by atoms with van der Waals surface area (Å²) in [7, 11) is 1.52. The summed E-state index contributed by atoms with van der Waals surface area (Å²) >= 11 is 0. The van der Waals surface area contributed by atoms with Gasteiger partial charge >= 0.3 is 0 Å². The highest BCUT2D eigenvalue weighted by atomic mass is 19.1. The van der Waals surface area contributed by atoms with Crippen LogP contribution in [0, 0.1) is 5.82 Å². The number of aryl methyl sites for hydroxylation is 1. The standard InChI is InChI=1S/C22H21FN4O4/c1-12(2)30-22-17(29-3)9-14(11-25-22)21-26-20(27-31-21)15-6-7-16(23)18-13(5-4-8-28)10-24-19(15)18/h6-12,24H,4-5H2,1-3H3. The molecule has 0 amide bonds. The molecular formula is C22H21FN4O4. The lowest BCUT2D eigenvalue weighted by Crippen LogP contribution is -2.08. The number of benzene rings is 1. The molecule has 1 N–H and O–H groups in total. The third-order valence-electron chi connectivity index (χ3n) is 4.70. The molecule has 9 heteroatoms. The molecule has 0 aliphatic heterocycles. The van der Waals surface area contributed by atoms with Gasteiger partial charge in [-0.1, -0.05) is 5.16 Å². The first-order chi connectivity index (χ1) is 15.0. The van der Waals surface area contributed by atoms with Gasteiger partial charge < -0.3 is 23.8 Å². The van der Waals surface area contributed by atoms with Gasteiger partial charge in [-0.15, -0.1) is 0 Å². The van der Waals surface area contributed by atoms with E-state index in [0.29, 0.717) is 52.3 Å². The van der Waals surface area contributed by atoms with Crippen LogP contribution in [-0.4, -0.2) is 39.6 Å². The fourth-order valence-electron chi connectivity index (χ4n) is 3.33. The summed E-state index contributed by atoms with van der Waals surface area (Å²) in [6.07, 6.45) is 4.77. The summed E-state index contributed by atoms with van der Waals surface area (Å²) in [6.45, 7) is 3.79.